The molecule has 0 fully saturated rings. The topological polar surface area (TPSA) is 76.1 Å². The van der Waals surface area contributed by atoms with Gasteiger partial charge in [-0.2, -0.15) is 0 Å². The van der Waals surface area contributed by atoms with Crippen molar-refractivity contribution in [1.29, 1.82) is 0 Å². The molecule has 1 amide bonds. The third-order valence-corrected chi connectivity index (χ3v) is 25.4. The number of benzene rings is 1. The Morgan fingerprint density at radius 3 is 2.11 bits per heavy atom. The second-order valence-electron chi connectivity index (χ2n) is 12.0. The standard InChI is InChI=1S/C18H24NO5Si.3C4H9.Sn/c1-25(2,3)12-11-23-13-24-16-9-5-4-7-14(16)17(20)19-10-6-8-15(19)18(21)22;3*1-3-4-2;/h4-5,7,9-10,15H,8,11-13H2,1-3H3,(H,21,22);3*1,3-4H2,2H3;/t15-;;;;/m0..../s1. The summed E-state index contributed by atoms with van der Waals surface area (Å²) >= 11 is -2.85. The van der Waals surface area contributed by atoms with Crippen LogP contribution in [0.25, 0.3) is 0 Å². The maximum atomic E-state index is 13.8. The Balaban J connectivity index is 2.33. The quantitative estimate of drug-likeness (QED) is 0.0990. The van der Waals surface area contributed by atoms with E-state index < -0.39 is 38.5 Å². The summed E-state index contributed by atoms with van der Waals surface area (Å²) in [5.74, 6) is -0.791. The van der Waals surface area contributed by atoms with Crippen molar-refractivity contribution in [2.45, 2.75) is 111 Å². The van der Waals surface area contributed by atoms with E-state index in [9.17, 15) is 14.7 Å². The molecule has 1 N–H and O–H groups in total. The van der Waals surface area contributed by atoms with E-state index in [0.717, 1.165) is 25.3 Å². The van der Waals surface area contributed by atoms with Crippen LogP contribution in [0.1, 0.15) is 76.1 Å². The van der Waals surface area contributed by atoms with Crippen LogP contribution in [0.2, 0.25) is 39.0 Å². The zero-order chi connectivity index (χ0) is 28.2. The Bertz CT molecular complexity index is 908. The molecule has 0 radical (unpaired) electrons. The van der Waals surface area contributed by atoms with Crippen LogP contribution in [0.5, 0.6) is 5.75 Å². The molecule has 0 spiro atoms. The molecule has 2 rings (SSSR count). The normalized spacial score (nSPS) is 16.0. The van der Waals surface area contributed by atoms with Crippen LogP contribution in [-0.2, 0) is 9.53 Å². The second-order valence-corrected chi connectivity index (χ2v) is 31.0. The summed E-state index contributed by atoms with van der Waals surface area (Å²) in [7, 11) is -1.20. The second kappa shape index (κ2) is 16.1. The number of nitrogens with zero attached hydrogens (tertiary/aromatic N) is 1. The maximum absolute atomic E-state index is 13.8. The van der Waals surface area contributed by atoms with E-state index in [1.54, 1.807) is 18.2 Å². The number of unbranched alkanes of at least 4 members (excludes halogenated alkanes) is 3. The zero-order valence-corrected chi connectivity index (χ0v) is 28.5. The molecule has 1 heterocycles. The molecule has 0 bridgehead atoms. The molecule has 1 aliphatic heterocycles. The number of carboxylic acid groups (broad SMARTS) is 1. The van der Waals surface area contributed by atoms with E-state index in [1.807, 2.05) is 12.3 Å². The van der Waals surface area contributed by atoms with Gasteiger partial charge in [0, 0.05) is 0 Å². The first-order chi connectivity index (χ1) is 18.1. The number of amides is 1. The first kappa shape index (κ1) is 32.9. The van der Waals surface area contributed by atoms with Crippen LogP contribution in [0.4, 0.5) is 0 Å². The zero-order valence-electron chi connectivity index (χ0n) is 24.7. The van der Waals surface area contributed by atoms with Gasteiger partial charge in [0.2, 0.25) is 0 Å². The first-order valence-corrected chi connectivity index (χ1v) is 25.8. The molecule has 0 saturated heterocycles. The first-order valence-electron chi connectivity index (χ1n) is 14.6. The van der Waals surface area contributed by atoms with Crippen LogP contribution >= 0.6 is 0 Å². The molecule has 1 aromatic carbocycles. The Labute approximate surface area is 236 Å². The van der Waals surface area contributed by atoms with Gasteiger partial charge in [-0.05, 0) is 0 Å². The van der Waals surface area contributed by atoms with E-state index in [0.29, 0.717) is 24.3 Å². The number of aliphatic carboxylic acids is 1. The van der Waals surface area contributed by atoms with Crippen molar-refractivity contribution >= 4 is 38.3 Å². The van der Waals surface area contributed by atoms with Crippen LogP contribution in [0.3, 0.4) is 0 Å². The third kappa shape index (κ3) is 9.70. The number of hydrogen-bond donors (Lipinski definition) is 1. The van der Waals surface area contributed by atoms with Gasteiger partial charge in [-0.15, -0.1) is 0 Å². The summed E-state index contributed by atoms with van der Waals surface area (Å²) in [6, 6.07) is 7.32. The Hall–Kier alpha value is -1.32. The van der Waals surface area contributed by atoms with Crippen LogP contribution in [0.15, 0.2) is 34.1 Å². The molecule has 1 aromatic rings. The van der Waals surface area contributed by atoms with Gasteiger partial charge < -0.3 is 0 Å². The van der Waals surface area contributed by atoms with Crippen molar-refractivity contribution in [3.63, 3.8) is 0 Å². The summed E-state index contributed by atoms with van der Waals surface area (Å²) in [6.07, 6.45) is 9.50. The molecule has 0 aliphatic carbocycles. The number of rotatable bonds is 18. The molecule has 38 heavy (non-hydrogen) atoms. The van der Waals surface area contributed by atoms with Gasteiger partial charge in [-0.25, -0.2) is 0 Å². The van der Waals surface area contributed by atoms with Gasteiger partial charge >= 0.3 is 217 Å². The van der Waals surface area contributed by atoms with Crippen molar-refractivity contribution in [3.8, 4) is 5.75 Å². The molecule has 1 aliphatic rings. The Kier molecular flexibility index (Phi) is 13.9. The molecule has 8 heteroatoms. The molecular formula is C30H51NO5SiSn. The van der Waals surface area contributed by atoms with Crippen molar-refractivity contribution in [3.05, 3.63) is 39.6 Å². The Morgan fingerprint density at radius 2 is 1.58 bits per heavy atom. The predicted octanol–water partition coefficient (Wildman–Crippen LogP) is 7.95. The van der Waals surface area contributed by atoms with Crippen LogP contribution in [-0.4, -0.2) is 67.8 Å². The molecule has 0 unspecified atom stereocenters. The molecule has 0 saturated carbocycles. The average molecular weight is 653 g/mol. The minimum absolute atomic E-state index is 0.0723. The van der Waals surface area contributed by atoms with Gasteiger partial charge in [-0.1, -0.05) is 19.6 Å². The number of carboxylic acids is 1. The van der Waals surface area contributed by atoms with Gasteiger partial charge in [-0.3, -0.25) is 0 Å². The van der Waals surface area contributed by atoms with Crippen molar-refractivity contribution in [1.82, 2.24) is 4.90 Å². The van der Waals surface area contributed by atoms with Crippen LogP contribution in [0, 0.1) is 0 Å². The number of ether oxygens (including phenoxy) is 2. The van der Waals surface area contributed by atoms with Gasteiger partial charge in [0.15, 0.2) is 0 Å². The van der Waals surface area contributed by atoms with E-state index in [1.165, 1.54) is 41.1 Å². The van der Waals surface area contributed by atoms with E-state index in [2.05, 4.69) is 40.4 Å². The van der Waals surface area contributed by atoms with Crippen LogP contribution < -0.4 is 4.74 Å². The van der Waals surface area contributed by atoms with Gasteiger partial charge in [0.05, 0.1) is 0 Å². The number of carbonyl (C=O) groups is 2. The fourth-order valence-corrected chi connectivity index (χ4v) is 22.7. The summed E-state index contributed by atoms with van der Waals surface area (Å²) < 4.78 is 16.7. The molecule has 6 nitrogen and oxygen atoms in total. The number of carbonyl (C=O) groups excluding carboxylic acids is 1. The van der Waals surface area contributed by atoms with Gasteiger partial charge in [0.1, 0.15) is 0 Å². The van der Waals surface area contributed by atoms with Crippen molar-refractivity contribution in [2.75, 3.05) is 13.4 Å². The minimum atomic E-state index is -2.85. The summed E-state index contributed by atoms with van der Waals surface area (Å²) in [5, 5.41) is 10.2. The average Bonchev–Trinajstić information content (AvgIpc) is 3.34. The Morgan fingerprint density at radius 1 is 1.00 bits per heavy atom. The molecule has 0 aromatic heterocycles. The predicted molar refractivity (Wildman–Crippen MR) is 161 cm³/mol. The molecule has 214 valence electrons. The fourth-order valence-electron chi connectivity index (χ4n) is 5.23. The van der Waals surface area contributed by atoms with Crippen molar-refractivity contribution < 1.29 is 24.2 Å². The van der Waals surface area contributed by atoms with E-state index in [4.69, 9.17) is 9.47 Å². The molecular weight excluding hydrogens is 601 g/mol. The number of hydrogen-bond acceptors (Lipinski definition) is 4. The molecule has 1 atom stereocenters. The van der Waals surface area contributed by atoms with Crippen molar-refractivity contribution in [2.24, 2.45) is 0 Å². The summed E-state index contributed by atoms with van der Waals surface area (Å²) in [5.41, 5.74) is 0.390. The third-order valence-electron chi connectivity index (χ3n) is 7.68. The fraction of sp³-hybridized carbons (Fsp3) is 0.667. The van der Waals surface area contributed by atoms with E-state index >= 15 is 0 Å². The van der Waals surface area contributed by atoms with E-state index in [-0.39, 0.29) is 12.7 Å². The summed E-state index contributed by atoms with van der Waals surface area (Å²) in [4.78, 5) is 27.8. The van der Waals surface area contributed by atoms with Gasteiger partial charge in [0.25, 0.3) is 0 Å². The number of para-hydroxylation sites is 1. The SMILES string of the molecule is CCC[CH2][Sn]([CH2]CCC)([CH2]CCC)[C]1=CN(C(=O)c2ccccc2OCOCC[Si](C)(C)C)[C@H](C(=O)O)C1. The monoisotopic (exact) mass is 653 g/mol. The summed E-state index contributed by atoms with van der Waals surface area (Å²) in [6.45, 7) is 14.3.